The van der Waals surface area contributed by atoms with Crippen LogP contribution in [-0.2, 0) is 13.6 Å². The second-order valence-corrected chi connectivity index (χ2v) is 3.94. The molecule has 1 aromatic carbocycles. The first-order valence-corrected chi connectivity index (χ1v) is 5.67. The van der Waals surface area contributed by atoms with Crippen LogP contribution in [0.4, 0.5) is 5.69 Å². The molecule has 0 saturated carbocycles. The Morgan fingerprint density at radius 1 is 1.53 bits per heavy atom. The summed E-state index contributed by atoms with van der Waals surface area (Å²) < 4.78 is 6.70. The van der Waals surface area contributed by atoms with Gasteiger partial charge in [-0.3, -0.25) is 9.48 Å². The average Bonchev–Trinajstić information content (AvgIpc) is 2.81. The predicted octanol–water partition coefficient (Wildman–Crippen LogP) is 0.336. The van der Waals surface area contributed by atoms with Gasteiger partial charge in [-0.05, 0) is 12.1 Å². The van der Waals surface area contributed by atoms with Crippen LogP contribution >= 0.6 is 0 Å². The standard InChI is InChI=1S/C12H15N5O2/c1-17-7-15-10(16-17)6-14-12(18)11-8(13)4-3-5-9(11)19-2/h3-5,7H,6,13H2,1-2H3,(H,14,18). The summed E-state index contributed by atoms with van der Waals surface area (Å²) in [6.45, 7) is 0.233. The minimum Gasteiger partial charge on any atom is -0.496 e. The van der Waals surface area contributed by atoms with Gasteiger partial charge in [0.15, 0.2) is 5.82 Å². The van der Waals surface area contributed by atoms with Crippen molar-refractivity contribution in [3.8, 4) is 5.75 Å². The van der Waals surface area contributed by atoms with Crippen molar-refractivity contribution in [3.63, 3.8) is 0 Å². The molecule has 0 radical (unpaired) electrons. The van der Waals surface area contributed by atoms with Crippen LogP contribution < -0.4 is 15.8 Å². The van der Waals surface area contributed by atoms with Crippen LogP contribution in [0.1, 0.15) is 16.2 Å². The number of nitrogens with two attached hydrogens (primary N) is 1. The number of methoxy groups -OCH3 is 1. The van der Waals surface area contributed by atoms with Gasteiger partial charge in [0.2, 0.25) is 0 Å². The van der Waals surface area contributed by atoms with E-state index < -0.39 is 0 Å². The number of anilines is 1. The molecule has 2 rings (SSSR count). The Kier molecular flexibility index (Phi) is 3.65. The largest absolute Gasteiger partial charge is 0.496 e. The number of nitrogens with zero attached hydrogens (tertiary/aromatic N) is 3. The van der Waals surface area contributed by atoms with Gasteiger partial charge < -0.3 is 15.8 Å². The molecule has 19 heavy (non-hydrogen) atoms. The first kappa shape index (κ1) is 12.9. The molecule has 0 aliphatic heterocycles. The SMILES string of the molecule is COc1cccc(N)c1C(=O)NCc1ncn(C)n1. The quantitative estimate of drug-likeness (QED) is 0.774. The lowest BCUT2D eigenvalue weighted by molar-refractivity contribution is 0.0948. The molecule has 2 aromatic rings. The van der Waals surface area contributed by atoms with Gasteiger partial charge in [0.25, 0.3) is 5.91 Å². The molecule has 0 spiro atoms. The summed E-state index contributed by atoms with van der Waals surface area (Å²) in [5.41, 5.74) is 6.48. The molecule has 0 saturated heterocycles. The maximum atomic E-state index is 12.1. The number of carbonyl (C=O) groups excluding carboxylic acids is 1. The molecule has 1 heterocycles. The lowest BCUT2D eigenvalue weighted by atomic mass is 10.1. The molecule has 0 aliphatic carbocycles. The fourth-order valence-electron chi connectivity index (χ4n) is 1.67. The second-order valence-electron chi connectivity index (χ2n) is 3.94. The van der Waals surface area contributed by atoms with Crippen molar-refractivity contribution < 1.29 is 9.53 Å². The van der Waals surface area contributed by atoms with Gasteiger partial charge in [0.05, 0.1) is 13.7 Å². The van der Waals surface area contributed by atoms with Gasteiger partial charge in [-0.25, -0.2) is 4.98 Å². The molecule has 100 valence electrons. The Morgan fingerprint density at radius 2 is 2.32 bits per heavy atom. The topological polar surface area (TPSA) is 95.1 Å². The van der Waals surface area contributed by atoms with Crippen LogP contribution in [-0.4, -0.2) is 27.8 Å². The lowest BCUT2D eigenvalue weighted by Gasteiger charge is -2.10. The molecule has 0 bridgehead atoms. The summed E-state index contributed by atoms with van der Waals surface area (Å²) >= 11 is 0. The number of aromatic nitrogens is 3. The first-order chi connectivity index (χ1) is 9.11. The van der Waals surface area contributed by atoms with Crippen LogP contribution in [0, 0.1) is 0 Å². The Labute approximate surface area is 110 Å². The first-order valence-electron chi connectivity index (χ1n) is 5.67. The molecule has 0 fully saturated rings. The van der Waals surface area contributed by atoms with E-state index in [4.69, 9.17) is 10.5 Å². The Bertz CT molecular complexity index is 594. The molecule has 7 heteroatoms. The molecule has 1 aromatic heterocycles. The number of nitrogens with one attached hydrogen (secondary N) is 1. The fourth-order valence-corrected chi connectivity index (χ4v) is 1.67. The summed E-state index contributed by atoms with van der Waals surface area (Å²) in [5.74, 6) is 0.651. The number of rotatable bonds is 4. The van der Waals surface area contributed by atoms with E-state index in [-0.39, 0.29) is 12.5 Å². The van der Waals surface area contributed by atoms with E-state index in [1.54, 1.807) is 36.3 Å². The van der Waals surface area contributed by atoms with Gasteiger partial charge in [-0.1, -0.05) is 6.07 Å². The molecule has 0 aliphatic rings. The lowest BCUT2D eigenvalue weighted by Crippen LogP contribution is -2.25. The highest BCUT2D eigenvalue weighted by Crippen LogP contribution is 2.23. The number of nitrogen functional groups attached to an aromatic ring is 1. The van der Waals surface area contributed by atoms with Gasteiger partial charge >= 0.3 is 0 Å². The monoisotopic (exact) mass is 261 g/mol. The highest BCUT2D eigenvalue weighted by Gasteiger charge is 2.15. The van der Waals surface area contributed by atoms with E-state index in [9.17, 15) is 4.79 Å². The average molecular weight is 261 g/mol. The van der Waals surface area contributed by atoms with E-state index in [0.717, 1.165) is 0 Å². The second kappa shape index (κ2) is 5.38. The highest BCUT2D eigenvalue weighted by molar-refractivity contribution is 6.01. The smallest absolute Gasteiger partial charge is 0.257 e. The van der Waals surface area contributed by atoms with Gasteiger partial charge in [-0.15, -0.1) is 0 Å². The molecular weight excluding hydrogens is 246 g/mol. The van der Waals surface area contributed by atoms with Gasteiger partial charge in [0.1, 0.15) is 17.6 Å². The van der Waals surface area contributed by atoms with E-state index in [0.29, 0.717) is 22.8 Å². The summed E-state index contributed by atoms with van der Waals surface area (Å²) in [5, 5.41) is 6.78. The number of ether oxygens (including phenoxy) is 1. The van der Waals surface area contributed by atoms with E-state index in [1.807, 2.05) is 0 Å². The molecule has 3 N–H and O–H groups in total. The maximum Gasteiger partial charge on any atom is 0.257 e. The van der Waals surface area contributed by atoms with Crippen molar-refractivity contribution in [2.24, 2.45) is 7.05 Å². The van der Waals surface area contributed by atoms with Crippen molar-refractivity contribution in [3.05, 3.63) is 35.9 Å². The highest BCUT2D eigenvalue weighted by atomic mass is 16.5. The Balaban J connectivity index is 2.12. The number of hydrogen-bond donors (Lipinski definition) is 2. The number of benzene rings is 1. The maximum absolute atomic E-state index is 12.1. The normalized spacial score (nSPS) is 10.2. The fraction of sp³-hybridized carbons (Fsp3) is 0.250. The van der Waals surface area contributed by atoms with Crippen LogP contribution in [0.3, 0.4) is 0 Å². The Hall–Kier alpha value is -2.57. The molecular formula is C12H15N5O2. The third kappa shape index (κ3) is 2.82. The molecule has 1 amide bonds. The molecule has 0 atom stereocenters. The van der Waals surface area contributed by atoms with Crippen LogP contribution in [0.15, 0.2) is 24.5 Å². The molecule has 7 nitrogen and oxygen atoms in total. The Morgan fingerprint density at radius 3 is 2.95 bits per heavy atom. The minimum absolute atomic E-state index is 0.233. The zero-order valence-corrected chi connectivity index (χ0v) is 10.8. The molecule has 0 unspecified atom stereocenters. The van der Waals surface area contributed by atoms with Crippen LogP contribution in [0.2, 0.25) is 0 Å². The minimum atomic E-state index is -0.317. The summed E-state index contributed by atoms with van der Waals surface area (Å²) in [6, 6.07) is 5.06. The number of aryl methyl sites for hydroxylation is 1. The van der Waals surface area contributed by atoms with Crippen LogP contribution in [0.25, 0.3) is 0 Å². The number of carbonyl (C=O) groups is 1. The zero-order valence-electron chi connectivity index (χ0n) is 10.8. The third-order valence-electron chi connectivity index (χ3n) is 2.56. The summed E-state index contributed by atoms with van der Waals surface area (Å²) in [4.78, 5) is 16.1. The summed E-state index contributed by atoms with van der Waals surface area (Å²) in [6.07, 6.45) is 1.57. The van der Waals surface area contributed by atoms with Crippen LogP contribution in [0.5, 0.6) is 5.75 Å². The van der Waals surface area contributed by atoms with Crippen molar-refractivity contribution in [2.75, 3.05) is 12.8 Å². The van der Waals surface area contributed by atoms with Crippen molar-refractivity contribution in [2.45, 2.75) is 6.54 Å². The number of amides is 1. The number of hydrogen-bond acceptors (Lipinski definition) is 5. The zero-order chi connectivity index (χ0) is 13.8. The van der Waals surface area contributed by atoms with E-state index >= 15 is 0 Å². The third-order valence-corrected chi connectivity index (χ3v) is 2.56. The van der Waals surface area contributed by atoms with Gasteiger partial charge in [-0.2, -0.15) is 5.10 Å². The van der Waals surface area contributed by atoms with E-state index in [2.05, 4.69) is 15.4 Å². The van der Waals surface area contributed by atoms with Crippen molar-refractivity contribution in [1.29, 1.82) is 0 Å². The van der Waals surface area contributed by atoms with Crippen molar-refractivity contribution >= 4 is 11.6 Å². The van der Waals surface area contributed by atoms with Gasteiger partial charge in [0, 0.05) is 12.7 Å². The van der Waals surface area contributed by atoms with Crippen molar-refractivity contribution in [1.82, 2.24) is 20.1 Å². The van der Waals surface area contributed by atoms with E-state index in [1.165, 1.54) is 7.11 Å². The predicted molar refractivity (Wildman–Crippen MR) is 69.6 cm³/mol. The summed E-state index contributed by atoms with van der Waals surface area (Å²) in [7, 11) is 3.25.